The molecule has 0 fully saturated rings. The highest BCUT2D eigenvalue weighted by molar-refractivity contribution is 9.10. The molecule has 1 N–H and O–H groups in total. The third-order valence-corrected chi connectivity index (χ3v) is 3.90. The molecular weight excluding hydrogens is 347 g/mol. The van der Waals surface area contributed by atoms with E-state index in [1.54, 1.807) is 6.07 Å². The molecule has 1 heterocycles. The van der Waals surface area contributed by atoms with Gasteiger partial charge in [-0.05, 0) is 40.2 Å². The summed E-state index contributed by atoms with van der Waals surface area (Å²) < 4.78 is 45.9. The van der Waals surface area contributed by atoms with Gasteiger partial charge in [-0.15, -0.1) is 0 Å². The Bertz CT molecular complexity index is 693. The normalized spacial score (nSPS) is 16.5. The summed E-state index contributed by atoms with van der Waals surface area (Å²) in [5.74, 6) is -0.779. The maximum absolute atomic E-state index is 13.7. The predicted molar refractivity (Wildman–Crippen MR) is 77.1 cm³/mol. The lowest BCUT2D eigenvalue weighted by Crippen LogP contribution is -2.24. The quantitative estimate of drug-likeness (QED) is 0.827. The second-order valence-electron chi connectivity index (χ2n) is 4.82. The van der Waals surface area contributed by atoms with Crippen LogP contribution >= 0.6 is 15.9 Å². The van der Waals surface area contributed by atoms with E-state index >= 15 is 0 Å². The van der Waals surface area contributed by atoms with Gasteiger partial charge in [0.25, 0.3) is 0 Å². The molecule has 0 spiro atoms. The number of rotatable bonds is 3. The average Bonchev–Trinajstić information content (AvgIpc) is 2.83. The Morgan fingerprint density at radius 2 is 1.95 bits per heavy atom. The molecule has 110 valence electrons. The van der Waals surface area contributed by atoms with E-state index in [4.69, 9.17) is 4.74 Å². The van der Waals surface area contributed by atoms with Crippen LogP contribution in [0.5, 0.6) is 5.75 Å². The van der Waals surface area contributed by atoms with Gasteiger partial charge in [-0.2, -0.15) is 0 Å². The van der Waals surface area contributed by atoms with Crippen molar-refractivity contribution in [1.29, 1.82) is 0 Å². The summed E-state index contributed by atoms with van der Waals surface area (Å²) in [6, 6.07) is 6.48. The fourth-order valence-electron chi connectivity index (χ4n) is 2.28. The smallest absolute Gasteiger partial charge is 0.147 e. The molecule has 0 radical (unpaired) electrons. The highest BCUT2D eigenvalue weighted by Gasteiger charge is 2.23. The number of fused-ring (bicyclic) bond motifs is 1. The van der Waals surface area contributed by atoms with Gasteiger partial charge in [-0.25, -0.2) is 13.2 Å². The molecule has 2 aromatic rings. The van der Waals surface area contributed by atoms with Crippen LogP contribution < -0.4 is 10.1 Å². The Labute approximate surface area is 128 Å². The van der Waals surface area contributed by atoms with E-state index in [9.17, 15) is 13.2 Å². The first kappa shape index (κ1) is 14.3. The van der Waals surface area contributed by atoms with Gasteiger partial charge in [0, 0.05) is 18.1 Å². The third-order valence-electron chi connectivity index (χ3n) is 3.29. The van der Waals surface area contributed by atoms with Gasteiger partial charge >= 0.3 is 0 Å². The summed E-state index contributed by atoms with van der Waals surface area (Å²) in [4.78, 5) is 0. The highest BCUT2D eigenvalue weighted by atomic mass is 79.9. The monoisotopic (exact) mass is 357 g/mol. The van der Waals surface area contributed by atoms with Crippen molar-refractivity contribution in [3.8, 4) is 5.75 Å². The molecular formula is C15H11BrF3NO. The number of benzene rings is 2. The molecule has 6 heteroatoms. The largest absolute Gasteiger partial charge is 0.488 e. The summed E-state index contributed by atoms with van der Waals surface area (Å²) in [7, 11) is 0. The Kier molecular flexibility index (Phi) is 3.80. The van der Waals surface area contributed by atoms with Crippen molar-refractivity contribution in [3.05, 3.63) is 57.8 Å². The molecule has 0 saturated carbocycles. The summed E-state index contributed by atoms with van der Waals surface area (Å²) in [6.45, 7) is 0.300. The van der Waals surface area contributed by atoms with Crippen molar-refractivity contribution in [2.24, 2.45) is 0 Å². The van der Waals surface area contributed by atoms with E-state index in [1.807, 2.05) is 0 Å². The second-order valence-corrected chi connectivity index (χ2v) is 5.68. The van der Waals surface area contributed by atoms with Gasteiger partial charge in [0.15, 0.2) is 0 Å². The summed E-state index contributed by atoms with van der Waals surface area (Å²) in [5, 5.41) is 2.82. The van der Waals surface area contributed by atoms with Crippen molar-refractivity contribution >= 4 is 21.6 Å². The molecule has 21 heavy (non-hydrogen) atoms. The summed E-state index contributed by atoms with van der Waals surface area (Å²) in [5.41, 5.74) is 0.852. The molecule has 0 amide bonds. The van der Waals surface area contributed by atoms with Crippen LogP contribution in [-0.4, -0.2) is 12.6 Å². The van der Waals surface area contributed by atoms with Crippen LogP contribution in [0.15, 0.2) is 34.8 Å². The predicted octanol–water partition coefficient (Wildman–Crippen LogP) is 4.28. The van der Waals surface area contributed by atoms with E-state index in [-0.39, 0.29) is 22.1 Å². The molecule has 1 atom stereocenters. The van der Waals surface area contributed by atoms with Crippen LogP contribution in [-0.2, 0) is 6.42 Å². The van der Waals surface area contributed by atoms with E-state index in [0.717, 1.165) is 17.7 Å². The summed E-state index contributed by atoms with van der Waals surface area (Å²) >= 11 is 2.92. The second kappa shape index (κ2) is 5.60. The topological polar surface area (TPSA) is 21.3 Å². The van der Waals surface area contributed by atoms with Crippen LogP contribution in [0.2, 0.25) is 0 Å². The van der Waals surface area contributed by atoms with Crippen molar-refractivity contribution < 1.29 is 17.9 Å². The third kappa shape index (κ3) is 3.00. The Hall–Kier alpha value is -1.69. The number of hydrogen-bond donors (Lipinski definition) is 1. The number of halogens is 4. The molecule has 2 nitrogen and oxygen atoms in total. The zero-order valence-electron chi connectivity index (χ0n) is 10.8. The lowest BCUT2D eigenvalue weighted by molar-refractivity contribution is 0.246. The van der Waals surface area contributed by atoms with E-state index < -0.39 is 11.6 Å². The molecule has 0 bridgehead atoms. The Balaban J connectivity index is 1.66. The van der Waals surface area contributed by atoms with Crippen LogP contribution in [0.1, 0.15) is 5.56 Å². The van der Waals surface area contributed by atoms with E-state index in [0.29, 0.717) is 18.7 Å². The first-order valence-electron chi connectivity index (χ1n) is 6.36. The first-order chi connectivity index (χ1) is 10.0. The molecule has 2 aromatic carbocycles. The van der Waals surface area contributed by atoms with Crippen LogP contribution in [0.25, 0.3) is 0 Å². The first-order valence-corrected chi connectivity index (χ1v) is 7.16. The van der Waals surface area contributed by atoms with Gasteiger partial charge in [-0.1, -0.05) is 0 Å². The number of hydrogen-bond acceptors (Lipinski definition) is 2. The summed E-state index contributed by atoms with van der Waals surface area (Å²) in [6.07, 6.45) is 0.286. The minimum atomic E-state index is -0.551. The van der Waals surface area contributed by atoms with Gasteiger partial charge in [0.2, 0.25) is 0 Å². The molecule has 0 saturated heterocycles. The Morgan fingerprint density at radius 3 is 2.76 bits per heavy atom. The number of ether oxygens (including phenoxy) is 1. The molecule has 3 rings (SSSR count). The van der Waals surface area contributed by atoms with Gasteiger partial charge in [-0.3, -0.25) is 0 Å². The van der Waals surface area contributed by atoms with Crippen molar-refractivity contribution in [2.45, 2.75) is 12.5 Å². The van der Waals surface area contributed by atoms with Crippen LogP contribution in [0, 0.1) is 17.5 Å². The lowest BCUT2D eigenvalue weighted by Gasteiger charge is -2.13. The molecule has 0 aliphatic carbocycles. The minimum absolute atomic E-state index is 0.0708. The maximum Gasteiger partial charge on any atom is 0.147 e. The maximum atomic E-state index is 13.7. The van der Waals surface area contributed by atoms with Crippen molar-refractivity contribution in [3.63, 3.8) is 0 Å². The fraction of sp³-hybridized carbons (Fsp3) is 0.200. The van der Waals surface area contributed by atoms with Gasteiger partial charge in [0.05, 0.1) is 16.7 Å². The number of anilines is 1. The van der Waals surface area contributed by atoms with E-state index in [2.05, 4.69) is 21.2 Å². The zero-order chi connectivity index (χ0) is 15.0. The van der Waals surface area contributed by atoms with Crippen LogP contribution in [0.4, 0.5) is 18.9 Å². The lowest BCUT2D eigenvalue weighted by atomic mass is 10.1. The molecule has 1 unspecified atom stereocenters. The molecule has 1 aliphatic rings. The Morgan fingerprint density at radius 1 is 1.14 bits per heavy atom. The van der Waals surface area contributed by atoms with Crippen molar-refractivity contribution in [1.82, 2.24) is 0 Å². The van der Waals surface area contributed by atoms with E-state index in [1.165, 1.54) is 12.1 Å². The standard InChI is InChI=1S/C15H11BrF3NO/c16-11-5-13(19)14(6-12(11)18)20-7-10-4-8-3-9(17)1-2-15(8)21-10/h1-3,5-6,10,20H,4,7H2. The van der Waals surface area contributed by atoms with Crippen LogP contribution in [0.3, 0.4) is 0 Å². The zero-order valence-corrected chi connectivity index (χ0v) is 12.4. The average molecular weight is 358 g/mol. The minimum Gasteiger partial charge on any atom is -0.488 e. The highest BCUT2D eigenvalue weighted by Crippen LogP contribution is 2.30. The molecule has 1 aliphatic heterocycles. The van der Waals surface area contributed by atoms with Crippen molar-refractivity contribution in [2.75, 3.05) is 11.9 Å². The molecule has 0 aromatic heterocycles. The van der Waals surface area contributed by atoms with Gasteiger partial charge in [0.1, 0.15) is 29.3 Å². The SMILES string of the molecule is Fc1ccc2c(c1)CC(CNc1cc(F)c(Br)cc1F)O2. The fourth-order valence-corrected chi connectivity index (χ4v) is 2.60. The number of nitrogens with one attached hydrogen (secondary N) is 1. The van der Waals surface area contributed by atoms with Gasteiger partial charge < -0.3 is 10.1 Å².